The van der Waals surface area contributed by atoms with E-state index in [-0.39, 0.29) is 11.6 Å². The molecule has 0 radical (unpaired) electrons. The molecule has 1 amide bonds. The Morgan fingerprint density at radius 1 is 0.857 bits per heavy atom. The Labute approximate surface area is 163 Å². The Morgan fingerprint density at radius 3 is 1.96 bits per heavy atom. The van der Waals surface area contributed by atoms with Crippen LogP contribution in [0.2, 0.25) is 0 Å². The van der Waals surface area contributed by atoms with Crippen LogP contribution in [0.1, 0.15) is 34.5 Å². The number of rotatable bonds is 6. The lowest BCUT2D eigenvalue weighted by Gasteiger charge is -2.22. The number of hydrogen-bond acceptors (Lipinski definition) is 3. The van der Waals surface area contributed by atoms with Crippen LogP contribution in [0.3, 0.4) is 0 Å². The minimum Gasteiger partial charge on any atom is -0.449 e. The van der Waals surface area contributed by atoms with Gasteiger partial charge in [0, 0.05) is 0 Å². The van der Waals surface area contributed by atoms with Crippen LogP contribution in [0, 0.1) is 5.82 Å². The van der Waals surface area contributed by atoms with Gasteiger partial charge in [-0.1, -0.05) is 66.7 Å². The van der Waals surface area contributed by atoms with Crippen LogP contribution in [0.15, 0.2) is 84.9 Å². The number of carbonyl (C=O) groups is 2. The Hall–Kier alpha value is -3.47. The summed E-state index contributed by atoms with van der Waals surface area (Å²) in [6.07, 6.45) is -1.04. The number of esters is 1. The first-order valence-electron chi connectivity index (χ1n) is 8.91. The van der Waals surface area contributed by atoms with Gasteiger partial charge in [-0.15, -0.1) is 0 Å². The van der Waals surface area contributed by atoms with E-state index in [0.717, 1.165) is 17.2 Å². The maximum absolute atomic E-state index is 13.3. The standard InChI is InChI=1S/C23H20FNO3/c1-16(28-23(27)19-13-8-14-20(24)15-19)22(26)25-21(17-9-4-2-5-10-17)18-11-6-3-7-12-18/h2-16,21H,1H3,(H,25,26). The number of amides is 1. The van der Waals surface area contributed by atoms with E-state index in [4.69, 9.17) is 4.74 Å². The van der Waals surface area contributed by atoms with Gasteiger partial charge < -0.3 is 10.1 Å². The summed E-state index contributed by atoms with van der Waals surface area (Å²) in [4.78, 5) is 24.8. The lowest BCUT2D eigenvalue weighted by Crippen LogP contribution is -2.38. The van der Waals surface area contributed by atoms with Gasteiger partial charge in [0.1, 0.15) is 5.82 Å². The molecule has 1 N–H and O–H groups in total. The molecule has 28 heavy (non-hydrogen) atoms. The van der Waals surface area contributed by atoms with E-state index in [2.05, 4.69) is 5.32 Å². The Balaban J connectivity index is 1.73. The van der Waals surface area contributed by atoms with Crippen LogP contribution in [0.25, 0.3) is 0 Å². The Morgan fingerprint density at radius 2 is 1.43 bits per heavy atom. The maximum atomic E-state index is 13.3. The quantitative estimate of drug-likeness (QED) is 0.653. The van der Waals surface area contributed by atoms with Crippen molar-refractivity contribution in [1.29, 1.82) is 0 Å². The molecule has 0 aromatic heterocycles. The average Bonchev–Trinajstić information content (AvgIpc) is 2.73. The lowest BCUT2D eigenvalue weighted by atomic mass is 9.98. The highest BCUT2D eigenvalue weighted by atomic mass is 19.1. The molecule has 0 bridgehead atoms. The molecular weight excluding hydrogens is 357 g/mol. The van der Waals surface area contributed by atoms with Crippen molar-refractivity contribution in [3.05, 3.63) is 107 Å². The second kappa shape index (κ2) is 8.95. The lowest BCUT2D eigenvalue weighted by molar-refractivity contribution is -0.129. The number of hydrogen-bond donors (Lipinski definition) is 1. The molecule has 4 nitrogen and oxygen atoms in total. The van der Waals surface area contributed by atoms with Gasteiger partial charge in [-0.3, -0.25) is 4.79 Å². The Bertz CT molecular complexity index is 905. The molecule has 0 spiro atoms. The summed E-state index contributed by atoms with van der Waals surface area (Å²) in [7, 11) is 0. The van der Waals surface area contributed by atoms with Crippen LogP contribution >= 0.6 is 0 Å². The summed E-state index contributed by atoms with van der Waals surface area (Å²) in [5.41, 5.74) is 1.87. The molecule has 0 aliphatic rings. The topological polar surface area (TPSA) is 55.4 Å². The zero-order valence-corrected chi connectivity index (χ0v) is 15.3. The van der Waals surface area contributed by atoms with Gasteiger partial charge in [0.25, 0.3) is 5.91 Å². The molecule has 0 fully saturated rings. The molecule has 3 aromatic rings. The van der Waals surface area contributed by atoms with Crippen molar-refractivity contribution in [3.63, 3.8) is 0 Å². The highest BCUT2D eigenvalue weighted by Crippen LogP contribution is 2.22. The number of halogens is 1. The van der Waals surface area contributed by atoms with E-state index in [0.29, 0.717) is 0 Å². The van der Waals surface area contributed by atoms with E-state index in [9.17, 15) is 14.0 Å². The smallest absolute Gasteiger partial charge is 0.339 e. The monoisotopic (exact) mass is 377 g/mol. The van der Waals surface area contributed by atoms with Crippen LogP contribution in [0.5, 0.6) is 0 Å². The highest BCUT2D eigenvalue weighted by molar-refractivity contribution is 5.92. The fourth-order valence-electron chi connectivity index (χ4n) is 2.81. The third kappa shape index (κ3) is 4.82. The summed E-state index contributed by atoms with van der Waals surface area (Å²) in [6, 6.07) is 23.8. The van der Waals surface area contributed by atoms with Gasteiger partial charge in [-0.25, -0.2) is 9.18 Å². The molecule has 5 heteroatoms. The van der Waals surface area contributed by atoms with E-state index in [1.165, 1.54) is 25.1 Å². The normalized spacial score (nSPS) is 11.7. The number of carbonyl (C=O) groups excluding carboxylic acids is 2. The number of ether oxygens (including phenoxy) is 1. The predicted molar refractivity (Wildman–Crippen MR) is 104 cm³/mol. The molecule has 1 unspecified atom stereocenters. The molecule has 142 valence electrons. The van der Waals surface area contributed by atoms with Crippen molar-refractivity contribution in [2.75, 3.05) is 0 Å². The molecule has 3 rings (SSSR count). The predicted octanol–water partition coefficient (Wildman–Crippen LogP) is 4.28. The Kier molecular flexibility index (Phi) is 6.17. The first kappa shape index (κ1) is 19.3. The second-order valence-electron chi connectivity index (χ2n) is 6.32. The summed E-state index contributed by atoms with van der Waals surface area (Å²) in [6.45, 7) is 1.49. The third-order valence-electron chi connectivity index (χ3n) is 4.27. The molecule has 0 heterocycles. The van der Waals surface area contributed by atoms with Gasteiger partial charge in [0.15, 0.2) is 6.10 Å². The minimum atomic E-state index is -1.04. The molecule has 0 aliphatic heterocycles. The van der Waals surface area contributed by atoms with Crippen LogP contribution in [-0.4, -0.2) is 18.0 Å². The molecule has 0 aliphatic carbocycles. The zero-order chi connectivity index (χ0) is 19.9. The average molecular weight is 377 g/mol. The SMILES string of the molecule is CC(OC(=O)c1cccc(F)c1)C(=O)NC(c1ccccc1)c1ccccc1. The maximum Gasteiger partial charge on any atom is 0.339 e. The van der Waals surface area contributed by atoms with E-state index >= 15 is 0 Å². The largest absolute Gasteiger partial charge is 0.449 e. The summed E-state index contributed by atoms with van der Waals surface area (Å²) in [5, 5.41) is 2.93. The molecule has 1 atom stereocenters. The van der Waals surface area contributed by atoms with Crippen molar-refractivity contribution in [2.24, 2.45) is 0 Å². The van der Waals surface area contributed by atoms with E-state index in [1.807, 2.05) is 60.7 Å². The first-order valence-corrected chi connectivity index (χ1v) is 8.91. The van der Waals surface area contributed by atoms with E-state index in [1.54, 1.807) is 0 Å². The first-order chi connectivity index (χ1) is 13.5. The van der Waals surface area contributed by atoms with Gasteiger partial charge in [0.05, 0.1) is 11.6 Å². The van der Waals surface area contributed by atoms with Crippen molar-refractivity contribution >= 4 is 11.9 Å². The number of nitrogens with one attached hydrogen (secondary N) is 1. The van der Waals surface area contributed by atoms with Gasteiger partial charge >= 0.3 is 5.97 Å². The zero-order valence-electron chi connectivity index (χ0n) is 15.3. The summed E-state index contributed by atoms with van der Waals surface area (Å²) < 4.78 is 18.5. The fourth-order valence-corrected chi connectivity index (χ4v) is 2.81. The van der Waals surface area contributed by atoms with E-state index < -0.39 is 23.8 Å². The number of benzene rings is 3. The molecule has 3 aromatic carbocycles. The van der Waals surface area contributed by atoms with Gasteiger partial charge in [0.2, 0.25) is 0 Å². The molecular formula is C23H20FNO3. The fraction of sp³-hybridized carbons (Fsp3) is 0.130. The minimum absolute atomic E-state index is 0.0577. The van der Waals surface area contributed by atoms with Crippen LogP contribution in [0.4, 0.5) is 4.39 Å². The summed E-state index contributed by atoms with van der Waals surface area (Å²) >= 11 is 0. The molecule has 0 saturated heterocycles. The van der Waals surface area contributed by atoms with Crippen molar-refractivity contribution < 1.29 is 18.7 Å². The van der Waals surface area contributed by atoms with Crippen molar-refractivity contribution in [2.45, 2.75) is 19.1 Å². The summed E-state index contributed by atoms with van der Waals surface area (Å²) in [5.74, 6) is -1.74. The highest BCUT2D eigenvalue weighted by Gasteiger charge is 2.23. The third-order valence-corrected chi connectivity index (χ3v) is 4.27. The van der Waals surface area contributed by atoms with Gasteiger partial charge in [-0.05, 0) is 36.2 Å². The molecule has 0 saturated carbocycles. The van der Waals surface area contributed by atoms with Crippen LogP contribution < -0.4 is 5.32 Å². The van der Waals surface area contributed by atoms with Crippen molar-refractivity contribution in [1.82, 2.24) is 5.32 Å². The van der Waals surface area contributed by atoms with Crippen molar-refractivity contribution in [3.8, 4) is 0 Å². The second-order valence-corrected chi connectivity index (χ2v) is 6.32. The van der Waals surface area contributed by atoms with Gasteiger partial charge in [-0.2, -0.15) is 0 Å². The van der Waals surface area contributed by atoms with Crippen LogP contribution in [-0.2, 0) is 9.53 Å².